The van der Waals surface area contributed by atoms with Crippen LogP contribution in [0.2, 0.25) is 0 Å². The molecule has 0 spiro atoms. The SMILES string of the molecule is CCCC1(C#N)OC(C)(C)N=NC(C)(C)O1. The smallest absolute Gasteiger partial charge is 0.263 e. The van der Waals surface area contributed by atoms with Gasteiger partial charge in [-0.15, -0.1) is 0 Å². The number of rotatable bonds is 2. The van der Waals surface area contributed by atoms with E-state index in [1.165, 1.54) is 0 Å². The number of hydrogen-bond acceptors (Lipinski definition) is 5. The molecule has 0 saturated carbocycles. The van der Waals surface area contributed by atoms with Crippen molar-refractivity contribution in [3.05, 3.63) is 0 Å². The molecule has 0 amide bonds. The lowest BCUT2D eigenvalue weighted by molar-refractivity contribution is -0.273. The Morgan fingerprint density at radius 1 is 1.06 bits per heavy atom. The molecule has 1 rings (SSSR count). The van der Waals surface area contributed by atoms with Crippen molar-refractivity contribution in [1.29, 1.82) is 5.26 Å². The quantitative estimate of drug-likeness (QED) is 0.725. The predicted molar refractivity (Wildman–Crippen MR) is 58.4 cm³/mol. The van der Waals surface area contributed by atoms with E-state index in [4.69, 9.17) is 9.47 Å². The topological polar surface area (TPSA) is 67.0 Å². The van der Waals surface area contributed by atoms with Crippen molar-refractivity contribution in [3.63, 3.8) is 0 Å². The highest BCUT2D eigenvalue weighted by Gasteiger charge is 2.45. The van der Waals surface area contributed by atoms with Crippen LogP contribution in [-0.2, 0) is 9.47 Å². The Balaban J connectivity index is 3.08. The van der Waals surface area contributed by atoms with E-state index in [-0.39, 0.29) is 0 Å². The van der Waals surface area contributed by atoms with Gasteiger partial charge in [0.2, 0.25) is 0 Å². The van der Waals surface area contributed by atoms with Crippen molar-refractivity contribution in [3.8, 4) is 6.07 Å². The van der Waals surface area contributed by atoms with Crippen LogP contribution in [0.5, 0.6) is 0 Å². The van der Waals surface area contributed by atoms with E-state index in [0.29, 0.717) is 6.42 Å². The normalized spacial score (nSPS) is 25.8. The third-order valence-electron chi connectivity index (χ3n) is 2.11. The van der Waals surface area contributed by atoms with E-state index in [9.17, 15) is 5.26 Å². The van der Waals surface area contributed by atoms with Gasteiger partial charge in [-0.05, 0) is 34.1 Å². The van der Waals surface area contributed by atoms with E-state index in [1.54, 1.807) is 27.7 Å². The monoisotopic (exact) mass is 225 g/mol. The van der Waals surface area contributed by atoms with E-state index in [1.807, 2.05) is 6.92 Å². The molecule has 0 N–H and O–H groups in total. The summed E-state index contributed by atoms with van der Waals surface area (Å²) in [7, 11) is 0. The van der Waals surface area contributed by atoms with Gasteiger partial charge in [-0.3, -0.25) is 0 Å². The summed E-state index contributed by atoms with van der Waals surface area (Å²) in [4.78, 5) is 0. The second kappa shape index (κ2) is 4.11. The first-order chi connectivity index (χ1) is 7.24. The van der Waals surface area contributed by atoms with Crippen molar-refractivity contribution in [1.82, 2.24) is 0 Å². The summed E-state index contributed by atoms with van der Waals surface area (Å²) in [5.41, 5.74) is -1.67. The molecule has 0 radical (unpaired) electrons. The minimum absolute atomic E-state index is 0.501. The van der Waals surface area contributed by atoms with Gasteiger partial charge in [-0.25, -0.2) is 0 Å². The van der Waals surface area contributed by atoms with Gasteiger partial charge in [0.15, 0.2) is 11.4 Å². The van der Waals surface area contributed by atoms with Crippen LogP contribution in [0.1, 0.15) is 47.5 Å². The molecule has 1 aliphatic rings. The van der Waals surface area contributed by atoms with E-state index >= 15 is 0 Å². The summed E-state index contributed by atoms with van der Waals surface area (Å²) in [6.45, 7) is 9.04. The Hall–Kier alpha value is -0.990. The molecule has 0 fully saturated rings. The maximum Gasteiger partial charge on any atom is 0.263 e. The zero-order chi connectivity index (χ0) is 12.4. The lowest BCUT2D eigenvalue weighted by Gasteiger charge is -2.33. The summed E-state index contributed by atoms with van der Waals surface area (Å²) in [6, 6.07) is 2.11. The third-order valence-corrected chi connectivity index (χ3v) is 2.11. The summed E-state index contributed by atoms with van der Waals surface area (Å²) < 4.78 is 11.3. The lowest BCUT2D eigenvalue weighted by atomic mass is 10.1. The standard InChI is InChI=1S/C11H19N3O2/c1-6-7-11(8-12)15-9(2,3)13-14-10(4,5)16-11/h6-7H2,1-5H3. The highest BCUT2D eigenvalue weighted by Crippen LogP contribution is 2.35. The summed E-state index contributed by atoms with van der Waals surface area (Å²) in [5.74, 6) is -1.26. The molecule has 0 bridgehead atoms. The molecule has 0 atom stereocenters. The van der Waals surface area contributed by atoms with E-state index in [0.717, 1.165) is 6.42 Å². The molecule has 16 heavy (non-hydrogen) atoms. The fourth-order valence-electron chi connectivity index (χ4n) is 1.64. The summed E-state index contributed by atoms with van der Waals surface area (Å²) >= 11 is 0. The molecule has 0 unspecified atom stereocenters. The Labute approximate surface area is 96.4 Å². The molecule has 0 saturated heterocycles. The summed E-state index contributed by atoms with van der Waals surface area (Å²) in [5, 5.41) is 17.4. The van der Waals surface area contributed by atoms with Crippen molar-refractivity contribution in [2.75, 3.05) is 0 Å². The van der Waals surface area contributed by atoms with Crippen LogP contribution in [-0.4, -0.2) is 17.2 Å². The second-order valence-electron chi connectivity index (χ2n) is 4.91. The van der Waals surface area contributed by atoms with Gasteiger partial charge in [0.05, 0.1) is 0 Å². The number of nitriles is 1. The minimum Gasteiger partial charge on any atom is -0.308 e. The molecule has 1 heterocycles. The fraction of sp³-hybridized carbons (Fsp3) is 0.909. The molecule has 0 aromatic carbocycles. The van der Waals surface area contributed by atoms with Crippen LogP contribution in [0.25, 0.3) is 0 Å². The second-order valence-corrected chi connectivity index (χ2v) is 4.91. The van der Waals surface area contributed by atoms with Gasteiger partial charge in [-0.2, -0.15) is 15.5 Å². The number of hydrogen-bond donors (Lipinski definition) is 0. The average molecular weight is 225 g/mol. The zero-order valence-electron chi connectivity index (χ0n) is 10.6. The Morgan fingerprint density at radius 3 is 1.81 bits per heavy atom. The molecule has 0 aromatic heterocycles. The van der Waals surface area contributed by atoms with Gasteiger partial charge < -0.3 is 9.47 Å². The Morgan fingerprint density at radius 2 is 1.50 bits per heavy atom. The van der Waals surface area contributed by atoms with Gasteiger partial charge in [0.25, 0.3) is 5.79 Å². The molecule has 0 aromatic rings. The maximum atomic E-state index is 9.28. The molecule has 5 nitrogen and oxygen atoms in total. The average Bonchev–Trinajstić information content (AvgIpc) is 2.22. The van der Waals surface area contributed by atoms with E-state index < -0.39 is 17.2 Å². The minimum atomic E-state index is -1.26. The van der Waals surface area contributed by atoms with Gasteiger partial charge in [0, 0.05) is 6.42 Å². The van der Waals surface area contributed by atoms with Crippen molar-refractivity contribution in [2.24, 2.45) is 10.2 Å². The molecule has 0 aliphatic carbocycles. The molecular weight excluding hydrogens is 206 g/mol. The first kappa shape index (κ1) is 13.1. The van der Waals surface area contributed by atoms with E-state index in [2.05, 4.69) is 16.3 Å². The highest BCUT2D eigenvalue weighted by atomic mass is 16.7. The highest BCUT2D eigenvalue weighted by molar-refractivity contribution is 4.98. The number of nitrogens with zero attached hydrogens (tertiary/aromatic N) is 3. The maximum absolute atomic E-state index is 9.28. The summed E-state index contributed by atoms with van der Waals surface area (Å²) in [6.07, 6.45) is 1.29. The van der Waals surface area contributed by atoms with Crippen LogP contribution < -0.4 is 0 Å². The molecule has 90 valence electrons. The number of azo groups is 1. The van der Waals surface area contributed by atoms with Crippen molar-refractivity contribution in [2.45, 2.75) is 64.7 Å². The van der Waals surface area contributed by atoms with Crippen molar-refractivity contribution >= 4 is 0 Å². The first-order valence-corrected chi connectivity index (χ1v) is 5.50. The Bertz CT molecular complexity index is 309. The van der Waals surface area contributed by atoms with Crippen LogP contribution >= 0.6 is 0 Å². The van der Waals surface area contributed by atoms with Gasteiger partial charge in [-0.1, -0.05) is 6.92 Å². The molecule has 1 aliphatic heterocycles. The molecular formula is C11H19N3O2. The Kier molecular flexibility index (Phi) is 3.36. The number of ether oxygens (including phenoxy) is 2. The third kappa shape index (κ3) is 3.00. The van der Waals surface area contributed by atoms with Crippen LogP contribution in [0.4, 0.5) is 0 Å². The largest absolute Gasteiger partial charge is 0.308 e. The zero-order valence-corrected chi connectivity index (χ0v) is 10.6. The fourth-order valence-corrected chi connectivity index (χ4v) is 1.64. The van der Waals surface area contributed by atoms with Gasteiger partial charge >= 0.3 is 0 Å². The first-order valence-electron chi connectivity index (χ1n) is 5.50. The van der Waals surface area contributed by atoms with Crippen LogP contribution in [0.3, 0.4) is 0 Å². The van der Waals surface area contributed by atoms with Crippen molar-refractivity contribution < 1.29 is 9.47 Å². The van der Waals surface area contributed by atoms with Crippen LogP contribution in [0.15, 0.2) is 10.2 Å². The molecule has 5 heteroatoms. The predicted octanol–water partition coefficient (Wildman–Crippen LogP) is 2.98. The lowest BCUT2D eigenvalue weighted by Crippen LogP contribution is -2.44. The van der Waals surface area contributed by atoms with Gasteiger partial charge in [0.1, 0.15) is 6.07 Å². The van der Waals surface area contributed by atoms with Crippen LogP contribution in [0, 0.1) is 11.3 Å².